The Hall–Kier alpha value is -2.12. The molecule has 0 spiro atoms. The van der Waals surface area contributed by atoms with Crippen LogP contribution in [-0.2, 0) is 6.42 Å². The Morgan fingerprint density at radius 2 is 2.11 bits per heavy atom. The first kappa shape index (κ1) is 12.3. The summed E-state index contributed by atoms with van der Waals surface area (Å²) in [5, 5.41) is 3.48. The average Bonchev–Trinajstić information content (AvgIpc) is 2.74. The molecule has 8 heteroatoms. The van der Waals surface area contributed by atoms with Crippen LogP contribution in [0.5, 0.6) is 0 Å². The van der Waals surface area contributed by atoms with E-state index in [-0.39, 0.29) is 24.0 Å². The molecule has 5 nitrogen and oxygen atoms in total. The van der Waals surface area contributed by atoms with Gasteiger partial charge in [0, 0.05) is 18.2 Å². The van der Waals surface area contributed by atoms with Gasteiger partial charge in [0.05, 0.1) is 6.42 Å². The highest BCUT2D eigenvalue weighted by Crippen LogP contribution is 2.23. The van der Waals surface area contributed by atoms with Crippen molar-refractivity contribution in [1.82, 2.24) is 15.1 Å². The minimum atomic E-state index is -4.23. The van der Waals surface area contributed by atoms with E-state index in [1.807, 2.05) is 0 Å². The van der Waals surface area contributed by atoms with Gasteiger partial charge in [-0.25, -0.2) is 4.98 Å². The molecule has 2 aromatic heterocycles. The molecule has 0 amide bonds. The number of nitrogens with zero attached hydrogens (tertiary/aromatic N) is 3. The highest BCUT2D eigenvalue weighted by atomic mass is 19.4. The summed E-state index contributed by atoms with van der Waals surface area (Å²) in [6.07, 6.45) is -4.08. The number of nitrogens with two attached hydrogens (primary N) is 1. The van der Waals surface area contributed by atoms with Crippen LogP contribution in [-0.4, -0.2) is 21.3 Å². The van der Waals surface area contributed by atoms with Gasteiger partial charge in [-0.15, -0.1) is 0 Å². The van der Waals surface area contributed by atoms with Crippen molar-refractivity contribution in [1.29, 1.82) is 0 Å². The quantitative estimate of drug-likeness (QED) is 0.913. The van der Waals surface area contributed by atoms with Crippen molar-refractivity contribution in [3.05, 3.63) is 24.2 Å². The standard InChI is InChI=1S/C10H9F3N4O/c11-10(12,13)3-1-8-16-9(18-17-8)6-2-4-15-7(14)5-6/h2,4-5H,1,3H2,(H2,14,15). The van der Waals surface area contributed by atoms with Crippen LogP contribution in [0, 0.1) is 0 Å². The molecule has 0 radical (unpaired) electrons. The third-order valence-electron chi connectivity index (χ3n) is 2.13. The number of hydrogen-bond donors (Lipinski definition) is 1. The number of halogens is 3. The van der Waals surface area contributed by atoms with Crippen LogP contribution >= 0.6 is 0 Å². The predicted molar refractivity (Wildman–Crippen MR) is 56.3 cm³/mol. The second-order valence-corrected chi connectivity index (χ2v) is 3.60. The molecule has 0 bridgehead atoms. The molecule has 0 saturated heterocycles. The summed E-state index contributed by atoms with van der Waals surface area (Å²) in [7, 11) is 0. The number of pyridine rings is 1. The average molecular weight is 258 g/mol. The van der Waals surface area contributed by atoms with Gasteiger partial charge in [0.15, 0.2) is 5.82 Å². The molecule has 0 atom stereocenters. The molecule has 0 aromatic carbocycles. The van der Waals surface area contributed by atoms with Gasteiger partial charge >= 0.3 is 6.18 Å². The number of anilines is 1. The molecule has 2 heterocycles. The monoisotopic (exact) mass is 258 g/mol. The fourth-order valence-electron chi connectivity index (χ4n) is 1.31. The zero-order valence-corrected chi connectivity index (χ0v) is 9.11. The van der Waals surface area contributed by atoms with Gasteiger partial charge in [-0.05, 0) is 12.1 Å². The number of alkyl halides is 3. The summed E-state index contributed by atoms with van der Waals surface area (Å²) in [6, 6.07) is 3.08. The number of hydrogen-bond acceptors (Lipinski definition) is 5. The molecular formula is C10H9F3N4O. The van der Waals surface area contributed by atoms with E-state index in [2.05, 4.69) is 15.1 Å². The lowest BCUT2D eigenvalue weighted by Crippen LogP contribution is -2.09. The minimum absolute atomic E-state index is 0.0118. The third-order valence-corrected chi connectivity index (χ3v) is 2.13. The molecule has 2 aromatic rings. The van der Waals surface area contributed by atoms with Crippen molar-refractivity contribution in [2.45, 2.75) is 19.0 Å². The summed E-state index contributed by atoms with van der Waals surface area (Å²) < 4.78 is 40.9. The van der Waals surface area contributed by atoms with Crippen molar-refractivity contribution < 1.29 is 17.7 Å². The Morgan fingerprint density at radius 3 is 2.78 bits per heavy atom. The van der Waals surface area contributed by atoms with E-state index in [9.17, 15) is 13.2 Å². The van der Waals surface area contributed by atoms with E-state index in [4.69, 9.17) is 10.3 Å². The van der Waals surface area contributed by atoms with Crippen molar-refractivity contribution >= 4 is 5.82 Å². The lowest BCUT2D eigenvalue weighted by molar-refractivity contribution is -0.134. The maximum absolute atomic E-state index is 12.0. The fourth-order valence-corrected chi connectivity index (χ4v) is 1.31. The summed E-state index contributed by atoms with van der Waals surface area (Å²) >= 11 is 0. The Labute approximate surface area is 99.8 Å². The van der Waals surface area contributed by atoms with Gasteiger partial charge in [0.1, 0.15) is 5.82 Å². The summed E-state index contributed by atoms with van der Waals surface area (Å²) in [6.45, 7) is 0. The Balaban J connectivity index is 2.11. The molecule has 0 unspecified atom stereocenters. The largest absolute Gasteiger partial charge is 0.389 e. The van der Waals surface area contributed by atoms with Crippen molar-refractivity contribution in [2.24, 2.45) is 0 Å². The van der Waals surface area contributed by atoms with Gasteiger partial charge in [-0.1, -0.05) is 5.16 Å². The van der Waals surface area contributed by atoms with Gasteiger partial charge < -0.3 is 10.3 Å². The lowest BCUT2D eigenvalue weighted by Gasteiger charge is -2.01. The zero-order valence-electron chi connectivity index (χ0n) is 9.11. The smallest absolute Gasteiger partial charge is 0.384 e. The third kappa shape index (κ3) is 3.19. The Kier molecular flexibility index (Phi) is 3.17. The first-order chi connectivity index (χ1) is 8.44. The molecule has 96 valence electrons. The second kappa shape index (κ2) is 4.63. The summed E-state index contributed by atoms with van der Waals surface area (Å²) in [4.78, 5) is 7.64. The van der Waals surface area contributed by atoms with Crippen LogP contribution < -0.4 is 5.73 Å². The first-order valence-corrected chi connectivity index (χ1v) is 5.05. The van der Waals surface area contributed by atoms with Crippen LogP contribution in [0.2, 0.25) is 0 Å². The lowest BCUT2D eigenvalue weighted by atomic mass is 10.2. The maximum atomic E-state index is 12.0. The van der Waals surface area contributed by atoms with E-state index in [0.717, 1.165) is 0 Å². The number of aromatic nitrogens is 3. The molecule has 0 aliphatic carbocycles. The molecule has 0 saturated carbocycles. The Morgan fingerprint density at radius 1 is 1.33 bits per heavy atom. The van der Waals surface area contributed by atoms with E-state index in [1.165, 1.54) is 12.3 Å². The highest BCUT2D eigenvalue weighted by molar-refractivity contribution is 5.56. The zero-order chi connectivity index (χ0) is 13.2. The van der Waals surface area contributed by atoms with Crippen LogP contribution in [0.4, 0.5) is 19.0 Å². The van der Waals surface area contributed by atoms with Gasteiger partial charge in [0.25, 0.3) is 5.89 Å². The van der Waals surface area contributed by atoms with Crippen LogP contribution in [0.1, 0.15) is 12.2 Å². The molecule has 18 heavy (non-hydrogen) atoms. The molecule has 2 rings (SSSR count). The van der Waals surface area contributed by atoms with Crippen LogP contribution in [0.25, 0.3) is 11.5 Å². The Bertz CT molecular complexity index is 538. The van der Waals surface area contributed by atoms with Crippen molar-refractivity contribution in [3.8, 4) is 11.5 Å². The number of aryl methyl sites for hydroxylation is 1. The predicted octanol–water partition coefficient (Wildman–Crippen LogP) is 2.21. The number of nitrogen functional groups attached to an aromatic ring is 1. The van der Waals surface area contributed by atoms with Gasteiger partial charge in [0.2, 0.25) is 0 Å². The summed E-state index contributed by atoms with van der Waals surface area (Å²) in [5.74, 6) is 0.404. The van der Waals surface area contributed by atoms with E-state index in [0.29, 0.717) is 5.56 Å². The molecule has 2 N–H and O–H groups in total. The highest BCUT2D eigenvalue weighted by Gasteiger charge is 2.27. The molecule has 0 aliphatic heterocycles. The molecule has 0 fully saturated rings. The van der Waals surface area contributed by atoms with Gasteiger partial charge in [-0.3, -0.25) is 0 Å². The summed E-state index contributed by atoms with van der Waals surface area (Å²) in [5.41, 5.74) is 5.99. The minimum Gasteiger partial charge on any atom is -0.384 e. The van der Waals surface area contributed by atoms with E-state index in [1.54, 1.807) is 6.07 Å². The van der Waals surface area contributed by atoms with E-state index < -0.39 is 12.6 Å². The van der Waals surface area contributed by atoms with Gasteiger partial charge in [-0.2, -0.15) is 18.2 Å². The molecular weight excluding hydrogens is 249 g/mol. The SMILES string of the molecule is Nc1cc(-c2nc(CCC(F)(F)F)no2)ccn1. The van der Waals surface area contributed by atoms with Crippen molar-refractivity contribution in [2.75, 3.05) is 5.73 Å². The molecule has 0 aliphatic rings. The van der Waals surface area contributed by atoms with Crippen molar-refractivity contribution in [3.63, 3.8) is 0 Å². The van der Waals surface area contributed by atoms with Crippen LogP contribution in [0.15, 0.2) is 22.9 Å². The number of rotatable bonds is 3. The first-order valence-electron chi connectivity index (χ1n) is 5.05. The maximum Gasteiger partial charge on any atom is 0.389 e. The van der Waals surface area contributed by atoms with Crippen LogP contribution in [0.3, 0.4) is 0 Å². The fraction of sp³-hybridized carbons (Fsp3) is 0.300. The van der Waals surface area contributed by atoms with E-state index >= 15 is 0 Å². The second-order valence-electron chi connectivity index (χ2n) is 3.60. The topological polar surface area (TPSA) is 77.8 Å². The normalized spacial score (nSPS) is 11.7.